The average Bonchev–Trinajstić information content (AvgIpc) is 2.37. The quantitative estimate of drug-likeness (QED) is 0.924. The first-order valence-electron chi connectivity index (χ1n) is 6.19. The third-order valence-corrected chi connectivity index (χ3v) is 5.63. The number of rotatable bonds is 4. The van der Waals surface area contributed by atoms with Crippen molar-refractivity contribution in [3.05, 3.63) is 53.8 Å². The van der Waals surface area contributed by atoms with E-state index in [1.54, 1.807) is 0 Å². The normalized spacial score (nSPS) is 12.1. The Morgan fingerprint density at radius 3 is 2.05 bits per heavy atom. The summed E-state index contributed by atoms with van der Waals surface area (Å²) in [5.74, 6) is -0.519. The van der Waals surface area contributed by atoms with Gasteiger partial charge in [0.15, 0.2) is 9.84 Å². The highest BCUT2D eigenvalue weighted by molar-refractivity contribution is 7.92. The molecule has 5 nitrogen and oxygen atoms in total. The Morgan fingerprint density at radius 2 is 1.55 bits per heavy atom. The van der Waals surface area contributed by atoms with Crippen LogP contribution in [0, 0.1) is 12.7 Å². The topological polar surface area (TPSA) is 80.3 Å². The summed E-state index contributed by atoms with van der Waals surface area (Å²) >= 11 is 0. The summed E-state index contributed by atoms with van der Waals surface area (Å²) in [6.07, 6.45) is 1.06. The van der Waals surface area contributed by atoms with Gasteiger partial charge in [-0.15, -0.1) is 0 Å². The third kappa shape index (κ3) is 3.63. The van der Waals surface area contributed by atoms with E-state index in [-0.39, 0.29) is 21.0 Å². The summed E-state index contributed by atoms with van der Waals surface area (Å²) in [5.41, 5.74) is 0.497. The van der Waals surface area contributed by atoms with Crippen LogP contribution in [0.4, 0.5) is 10.1 Å². The predicted molar refractivity (Wildman–Crippen MR) is 81.5 cm³/mol. The molecule has 0 spiro atoms. The lowest BCUT2D eigenvalue weighted by molar-refractivity contribution is 0.598. The van der Waals surface area contributed by atoms with Gasteiger partial charge in [-0.25, -0.2) is 21.2 Å². The molecule has 0 atom stereocenters. The molecule has 0 unspecified atom stereocenters. The maximum Gasteiger partial charge on any atom is 0.262 e. The Balaban J connectivity index is 2.33. The lowest BCUT2D eigenvalue weighted by Crippen LogP contribution is -2.14. The Labute approximate surface area is 128 Å². The Morgan fingerprint density at radius 1 is 0.955 bits per heavy atom. The van der Waals surface area contributed by atoms with Crippen LogP contribution in [-0.2, 0) is 19.9 Å². The van der Waals surface area contributed by atoms with E-state index in [1.807, 2.05) is 0 Å². The largest absolute Gasteiger partial charge is 0.280 e. The summed E-state index contributed by atoms with van der Waals surface area (Å²) < 4.78 is 62.6. The maximum absolute atomic E-state index is 13.0. The number of benzene rings is 2. The molecule has 0 aliphatic rings. The molecule has 0 saturated carbocycles. The Kier molecular flexibility index (Phi) is 4.25. The fraction of sp³-hybridized carbons (Fsp3) is 0.143. The van der Waals surface area contributed by atoms with E-state index in [9.17, 15) is 21.2 Å². The van der Waals surface area contributed by atoms with Gasteiger partial charge in [0, 0.05) is 11.9 Å². The Hall–Kier alpha value is -1.93. The molecule has 0 bridgehead atoms. The highest BCUT2D eigenvalue weighted by Gasteiger charge is 2.17. The summed E-state index contributed by atoms with van der Waals surface area (Å²) in [4.78, 5) is 0.0505. The monoisotopic (exact) mass is 343 g/mol. The van der Waals surface area contributed by atoms with E-state index < -0.39 is 25.7 Å². The number of nitrogens with one attached hydrogen (secondary N) is 1. The van der Waals surface area contributed by atoms with Gasteiger partial charge in [0.05, 0.1) is 9.79 Å². The predicted octanol–water partition coefficient (Wildman–Crippen LogP) is 2.34. The molecular formula is C14H14FNO4S2. The number of aryl methyl sites for hydroxylation is 1. The Bertz CT molecular complexity index is 904. The first kappa shape index (κ1) is 16.4. The minimum Gasteiger partial charge on any atom is -0.280 e. The fourth-order valence-corrected chi connectivity index (χ4v) is 3.81. The first-order chi connectivity index (χ1) is 10.1. The van der Waals surface area contributed by atoms with Crippen molar-refractivity contribution in [1.82, 2.24) is 0 Å². The van der Waals surface area contributed by atoms with E-state index in [0.29, 0.717) is 0 Å². The van der Waals surface area contributed by atoms with Gasteiger partial charge in [-0.2, -0.15) is 0 Å². The van der Waals surface area contributed by atoms with Gasteiger partial charge >= 0.3 is 0 Å². The van der Waals surface area contributed by atoms with Gasteiger partial charge in [0.1, 0.15) is 5.82 Å². The molecule has 0 saturated heterocycles. The van der Waals surface area contributed by atoms with Crippen LogP contribution in [0.25, 0.3) is 0 Å². The number of anilines is 1. The summed E-state index contributed by atoms with van der Waals surface area (Å²) in [6.45, 7) is 1.49. The van der Waals surface area contributed by atoms with Crippen molar-refractivity contribution in [2.24, 2.45) is 0 Å². The number of sulfone groups is 1. The number of hydrogen-bond acceptors (Lipinski definition) is 4. The van der Waals surface area contributed by atoms with Crippen LogP contribution >= 0.6 is 0 Å². The molecule has 0 aliphatic heterocycles. The van der Waals surface area contributed by atoms with Gasteiger partial charge in [0.2, 0.25) is 0 Å². The SMILES string of the molecule is Cc1cc(F)ccc1S(=O)(=O)Nc1ccc(S(C)(=O)=O)cc1. The molecule has 2 aromatic rings. The molecule has 0 amide bonds. The minimum absolute atomic E-state index is 0.0407. The van der Waals surface area contributed by atoms with Crippen LogP contribution in [0.2, 0.25) is 0 Å². The lowest BCUT2D eigenvalue weighted by atomic mass is 10.2. The maximum atomic E-state index is 13.0. The van der Waals surface area contributed by atoms with Crippen molar-refractivity contribution < 1.29 is 21.2 Å². The van der Waals surface area contributed by atoms with Crippen molar-refractivity contribution in [1.29, 1.82) is 0 Å². The van der Waals surface area contributed by atoms with Crippen molar-refractivity contribution >= 4 is 25.5 Å². The number of hydrogen-bond donors (Lipinski definition) is 1. The van der Waals surface area contributed by atoms with Crippen molar-refractivity contribution in [2.75, 3.05) is 11.0 Å². The molecule has 0 aliphatic carbocycles. The van der Waals surface area contributed by atoms with Crippen LogP contribution in [0.5, 0.6) is 0 Å². The van der Waals surface area contributed by atoms with Crippen molar-refractivity contribution in [3.63, 3.8) is 0 Å². The standard InChI is InChI=1S/C14H14FNO4S2/c1-10-9-11(15)3-8-14(10)22(19,20)16-12-4-6-13(7-5-12)21(2,17)18/h3-9,16H,1-2H3. The van der Waals surface area contributed by atoms with Gasteiger partial charge in [0.25, 0.3) is 10.0 Å². The summed E-state index contributed by atoms with van der Waals surface area (Å²) in [6, 6.07) is 8.70. The molecule has 0 fully saturated rings. The van der Waals surface area contributed by atoms with Gasteiger partial charge < -0.3 is 0 Å². The second-order valence-electron chi connectivity index (χ2n) is 4.81. The molecule has 0 heterocycles. The molecule has 0 radical (unpaired) electrons. The van der Waals surface area contributed by atoms with Crippen LogP contribution in [0.15, 0.2) is 52.3 Å². The van der Waals surface area contributed by atoms with Crippen LogP contribution in [0.1, 0.15) is 5.56 Å². The summed E-state index contributed by atoms with van der Waals surface area (Å²) in [7, 11) is -7.22. The van der Waals surface area contributed by atoms with Crippen LogP contribution < -0.4 is 4.72 Å². The van der Waals surface area contributed by atoms with Crippen molar-refractivity contribution in [3.8, 4) is 0 Å². The number of sulfonamides is 1. The van der Waals surface area contributed by atoms with Gasteiger partial charge in [-0.3, -0.25) is 4.72 Å². The highest BCUT2D eigenvalue weighted by atomic mass is 32.2. The molecule has 2 aromatic carbocycles. The molecule has 118 valence electrons. The zero-order valence-electron chi connectivity index (χ0n) is 11.9. The highest BCUT2D eigenvalue weighted by Crippen LogP contribution is 2.21. The second kappa shape index (κ2) is 5.69. The van der Waals surface area contributed by atoms with E-state index in [0.717, 1.165) is 18.4 Å². The lowest BCUT2D eigenvalue weighted by Gasteiger charge is -2.10. The zero-order valence-corrected chi connectivity index (χ0v) is 13.5. The smallest absolute Gasteiger partial charge is 0.262 e. The van der Waals surface area contributed by atoms with Gasteiger partial charge in [-0.1, -0.05) is 0 Å². The first-order valence-corrected chi connectivity index (χ1v) is 9.56. The van der Waals surface area contributed by atoms with E-state index in [1.165, 1.54) is 37.3 Å². The molecule has 2 rings (SSSR count). The zero-order chi connectivity index (χ0) is 16.5. The minimum atomic E-state index is -3.88. The second-order valence-corrected chi connectivity index (χ2v) is 8.48. The molecule has 22 heavy (non-hydrogen) atoms. The number of halogens is 1. The third-order valence-electron chi connectivity index (χ3n) is 2.96. The summed E-state index contributed by atoms with van der Waals surface area (Å²) in [5, 5.41) is 0. The van der Waals surface area contributed by atoms with Crippen LogP contribution in [-0.4, -0.2) is 23.1 Å². The van der Waals surface area contributed by atoms with Crippen LogP contribution in [0.3, 0.4) is 0 Å². The van der Waals surface area contributed by atoms with E-state index in [4.69, 9.17) is 0 Å². The molecule has 1 N–H and O–H groups in total. The van der Waals surface area contributed by atoms with Gasteiger partial charge in [-0.05, 0) is 55.0 Å². The molecule has 0 aromatic heterocycles. The van der Waals surface area contributed by atoms with E-state index in [2.05, 4.69) is 4.72 Å². The van der Waals surface area contributed by atoms with Crippen molar-refractivity contribution in [2.45, 2.75) is 16.7 Å². The molecule has 8 heteroatoms. The average molecular weight is 343 g/mol. The molecular weight excluding hydrogens is 329 g/mol. The van der Waals surface area contributed by atoms with E-state index >= 15 is 0 Å². The fourth-order valence-electron chi connectivity index (χ4n) is 1.89.